The Hall–Kier alpha value is -1.26. The molecule has 0 atom stereocenters. The molecule has 8 heteroatoms. The number of ether oxygens (including phenoxy) is 1. The predicted molar refractivity (Wildman–Crippen MR) is 127 cm³/mol. The normalized spacial score (nSPS) is 12.5. The Kier molecular flexibility index (Phi) is 6.61. The van der Waals surface area contributed by atoms with Gasteiger partial charge in [-0.05, 0) is 84.8 Å². The summed E-state index contributed by atoms with van der Waals surface area (Å²) < 4.78 is 9.48. The van der Waals surface area contributed by atoms with Gasteiger partial charge in [-0.15, -0.1) is 0 Å². The zero-order valence-electron chi connectivity index (χ0n) is 15.5. The fraction of sp³-hybridized carbons (Fsp3) is 0.250. The molecular formula is C20H18Br2IN3O2. The van der Waals surface area contributed by atoms with Crippen LogP contribution in [0.3, 0.4) is 0 Å². The summed E-state index contributed by atoms with van der Waals surface area (Å²) in [4.78, 5) is 16.2. The maximum atomic E-state index is 12.0. The van der Waals surface area contributed by atoms with Crippen LogP contribution in [0.4, 0.5) is 4.79 Å². The van der Waals surface area contributed by atoms with Gasteiger partial charge in [0.15, 0.2) is 0 Å². The molecule has 2 aromatic carbocycles. The predicted octanol–water partition coefficient (Wildman–Crippen LogP) is 6.57. The minimum atomic E-state index is -0.532. The van der Waals surface area contributed by atoms with E-state index in [4.69, 9.17) is 4.74 Å². The number of halogens is 3. The number of fused-ring (bicyclic) bond motifs is 2. The highest BCUT2D eigenvalue weighted by molar-refractivity contribution is 14.1. The van der Waals surface area contributed by atoms with Gasteiger partial charge in [-0.1, -0.05) is 37.9 Å². The molecule has 1 aliphatic heterocycles. The lowest BCUT2D eigenvalue weighted by molar-refractivity contribution is 0.0522. The molecule has 0 amide bonds. The van der Waals surface area contributed by atoms with E-state index in [1.165, 1.54) is 15.8 Å². The Morgan fingerprint density at radius 3 is 2.54 bits per heavy atom. The number of nitrogens with zero attached hydrogens (tertiary/aromatic N) is 3. The highest BCUT2D eigenvalue weighted by Crippen LogP contribution is 2.25. The quantitative estimate of drug-likeness (QED) is 0.268. The number of aromatic nitrogens is 2. The van der Waals surface area contributed by atoms with Crippen molar-refractivity contribution >= 4 is 77.7 Å². The third kappa shape index (κ3) is 5.21. The van der Waals surface area contributed by atoms with Crippen LogP contribution in [0, 0.1) is 3.70 Å². The molecule has 0 spiro atoms. The second-order valence-electron chi connectivity index (χ2n) is 7.16. The maximum Gasteiger partial charge on any atom is 0.435 e. The Balaban J connectivity index is 0.000000188. The van der Waals surface area contributed by atoms with E-state index < -0.39 is 11.7 Å². The van der Waals surface area contributed by atoms with Crippen LogP contribution in [-0.2, 0) is 11.3 Å². The highest BCUT2D eigenvalue weighted by Gasteiger charge is 2.21. The van der Waals surface area contributed by atoms with Crippen molar-refractivity contribution in [2.45, 2.75) is 32.9 Å². The van der Waals surface area contributed by atoms with E-state index in [1.807, 2.05) is 51.3 Å². The molecule has 0 unspecified atom stereocenters. The monoisotopic (exact) mass is 617 g/mol. The first-order chi connectivity index (χ1) is 13.1. The topological polar surface area (TPSA) is 56.5 Å². The van der Waals surface area contributed by atoms with Crippen molar-refractivity contribution < 1.29 is 9.53 Å². The number of rotatable bonds is 0. The largest absolute Gasteiger partial charge is 0.442 e. The van der Waals surface area contributed by atoms with Crippen molar-refractivity contribution in [2.75, 3.05) is 0 Å². The Labute approximate surface area is 193 Å². The molecule has 146 valence electrons. The van der Waals surface area contributed by atoms with Crippen LogP contribution in [0.1, 0.15) is 31.9 Å². The summed E-state index contributed by atoms with van der Waals surface area (Å²) in [5.41, 5.74) is 2.78. The van der Waals surface area contributed by atoms with Gasteiger partial charge in [-0.25, -0.2) is 4.79 Å². The lowest BCUT2D eigenvalue weighted by atomic mass is 10.1. The molecule has 1 aromatic heterocycles. The molecule has 5 nitrogen and oxygen atoms in total. The lowest BCUT2D eigenvalue weighted by Crippen LogP contribution is -2.27. The average molecular weight is 619 g/mol. The Morgan fingerprint density at radius 1 is 1.14 bits per heavy atom. The first-order valence-corrected chi connectivity index (χ1v) is 11.2. The van der Waals surface area contributed by atoms with Crippen LogP contribution in [0.5, 0.6) is 0 Å². The first-order valence-electron chi connectivity index (χ1n) is 8.49. The van der Waals surface area contributed by atoms with Crippen LogP contribution in [0.2, 0.25) is 0 Å². The van der Waals surface area contributed by atoms with Crippen molar-refractivity contribution in [2.24, 2.45) is 4.99 Å². The third-order valence-electron chi connectivity index (χ3n) is 3.76. The summed E-state index contributed by atoms with van der Waals surface area (Å²) in [6.07, 6.45) is 1.46. The van der Waals surface area contributed by atoms with E-state index >= 15 is 0 Å². The first kappa shape index (κ1) is 21.4. The summed E-state index contributed by atoms with van der Waals surface area (Å²) in [6.45, 7) is 6.34. The van der Waals surface area contributed by atoms with Crippen molar-refractivity contribution in [3.63, 3.8) is 0 Å². The van der Waals surface area contributed by atoms with Gasteiger partial charge in [-0.3, -0.25) is 4.99 Å². The molecule has 0 bridgehead atoms. The van der Waals surface area contributed by atoms with Crippen LogP contribution in [0.25, 0.3) is 10.9 Å². The number of aliphatic imine (C=N–C) groups is 1. The minimum absolute atomic E-state index is 0.460. The number of hydrogen-bond acceptors (Lipinski definition) is 4. The average Bonchev–Trinajstić information content (AvgIpc) is 3.18. The van der Waals surface area contributed by atoms with Crippen molar-refractivity contribution in [3.05, 3.63) is 60.2 Å². The summed E-state index contributed by atoms with van der Waals surface area (Å²) in [7, 11) is 0. The number of carbonyl (C=O) groups excluding carboxylic acids is 1. The van der Waals surface area contributed by atoms with Gasteiger partial charge in [0.25, 0.3) is 0 Å². The zero-order chi connectivity index (χ0) is 20.5. The van der Waals surface area contributed by atoms with Crippen molar-refractivity contribution in [1.29, 1.82) is 0 Å². The summed E-state index contributed by atoms with van der Waals surface area (Å²) in [5, 5.41) is 5.15. The molecule has 3 aromatic rings. The van der Waals surface area contributed by atoms with Gasteiger partial charge in [-0.2, -0.15) is 9.78 Å². The van der Waals surface area contributed by atoms with E-state index in [9.17, 15) is 4.79 Å². The molecule has 1 aliphatic rings. The Morgan fingerprint density at radius 2 is 1.82 bits per heavy atom. The fourth-order valence-electron chi connectivity index (χ4n) is 2.57. The highest BCUT2D eigenvalue weighted by atomic mass is 127. The molecule has 0 N–H and O–H groups in total. The van der Waals surface area contributed by atoms with Crippen molar-refractivity contribution in [1.82, 2.24) is 9.78 Å². The Bertz CT molecular complexity index is 1070. The molecule has 28 heavy (non-hydrogen) atoms. The second kappa shape index (κ2) is 8.62. The third-order valence-corrected chi connectivity index (χ3v) is 5.55. The van der Waals surface area contributed by atoms with E-state index in [1.54, 1.807) is 0 Å². The van der Waals surface area contributed by atoms with Crippen LogP contribution >= 0.6 is 54.5 Å². The molecular weight excluding hydrogens is 601 g/mol. The molecule has 0 saturated carbocycles. The van der Waals surface area contributed by atoms with Gasteiger partial charge in [0.2, 0.25) is 0 Å². The second-order valence-corrected chi connectivity index (χ2v) is 10.0. The summed E-state index contributed by atoms with van der Waals surface area (Å²) >= 11 is 8.91. The molecule has 0 fully saturated rings. The molecule has 0 aliphatic carbocycles. The van der Waals surface area contributed by atoms with E-state index in [0.717, 1.165) is 30.1 Å². The molecule has 0 radical (unpaired) electrons. The lowest BCUT2D eigenvalue weighted by Gasteiger charge is -2.19. The number of benzene rings is 2. The SMILES string of the molecule is Brc1ccc2c(c1)C=NC2.CC(C)(C)OC(=O)n1nc(I)c2cc(Br)ccc21. The standard InChI is InChI=1S/C12H12BrIN2O2.C8H6BrN/c1-12(2,3)18-11(17)16-9-5-4-7(13)6-8(9)10(14)15-16;9-8-2-1-6-4-10-5-7(6)3-8/h4-6H,1-3H3;1-3,5H,4H2. The van der Waals surface area contributed by atoms with Gasteiger partial charge >= 0.3 is 6.09 Å². The van der Waals surface area contributed by atoms with E-state index in [2.05, 4.69) is 76.7 Å². The fourth-order valence-corrected chi connectivity index (χ4v) is 3.96. The van der Waals surface area contributed by atoms with Gasteiger partial charge in [0.05, 0.1) is 12.1 Å². The van der Waals surface area contributed by atoms with Gasteiger partial charge < -0.3 is 4.74 Å². The molecule has 2 heterocycles. The molecule has 4 rings (SSSR count). The van der Waals surface area contributed by atoms with Gasteiger partial charge in [0, 0.05) is 20.5 Å². The van der Waals surface area contributed by atoms with E-state index in [0.29, 0.717) is 0 Å². The van der Waals surface area contributed by atoms with Crippen LogP contribution in [-0.4, -0.2) is 27.7 Å². The number of hydrogen-bond donors (Lipinski definition) is 0. The minimum Gasteiger partial charge on any atom is -0.442 e. The maximum absolute atomic E-state index is 12.0. The zero-order valence-corrected chi connectivity index (χ0v) is 20.9. The smallest absolute Gasteiger partial charge is 0.435 e. The van der Waals surface area contributed by atoms with Crippen LogP contribution < -0.4 is 0 Å². The summed E-state index contributed by atoms with van der Waals surface area (Å²) in [6, 6.07) is 11.9. The number of carbonyl (C=O) groups is 1. The van der Waals surface area contributed by atoms with Crippen molar-refractivity contribution in [3.8, 4) is 0 Å². The van der Waals surface area contributed by atoms with Crippen LogP contribution in [0.15, 0.2) is 50.3 Å². The van der Waals surface area contributed by atoms with Gasteiger partial charge in [0.1, 0.15) is 9.30 Å². The summed E-state index contributed by atoms with van der Waals surface area (Å²) in [5.74, 6) is 0. The molecule has 0 saturated heterocycles. The van der Waals surface area contributed by atoms with E-state index in [-0.39, 0.29) is 0 Å².